The van der Waals surface area contributed by atoms with Crippen molar-refractivity contribution in [3.63, 3.8) is 0 Å². The van der Waals surface area contributed by atoms with E-state index < -0.39 is 11.9 Å². The quantitative estimate of drug-likeness (QED) is 0.486. The Bertz CT molecular complexity index is 953. The highest BCUT2D eigenvalue weighted by Gasteiger charge is 2.54. The molecule has 2 aliphatic rings. The second-order valence-corrected chi connectivity index (χ2v) is 8.15. The van der Waals surface area contributed by atoms with E-state index >= 15 is 0 Å². The third-order valence-corrected chi connectivity index (χ3v) is 6.11. The number of hydrogen-bond donors (Lipinski definition) is 1. The number of hydrogen-bond acceptors (Lipinski definition) is 7. The standard InChI is InChI=1S/C22H24N2O6S/c1-4-16-17-11-18(31-10-9-23-13(2)25)19(24(17)20(16)26)22(28)30-12-14-5-7-15(8-6-14)21(27)29-3/h5-10,16-17H,4,11-12H2,1-3H3,(H,23,25)/b10-9+/t16-,17+/m0/s1. The Morgan fingerprint density at radius 3 is 2.55 bits per heavy atom. The lowest BCUT2D eigenvalue weighted by atomic mass is 9.85. The average molecular weight is 445 g/mol. The van der Waals surface area contributed by atoms with Crippen LogP contribution < -0.4 is 5.32 Å². The maximum atomic E-state index is 12.9. The first-order chi connectivity index (χ1) is 14.9. The first-order valence-corrected chi connectivity index (χ1v) is 10.7. The molecule has 1 N–H and O–H groups in total. The number of amides is 2. The van der Waals surface area contributed by atoms with Crippen LogP contribution in [0.3, 0.4) is 0 Å². The monoisotopic (exact) mass is 444 g/mol. The smallest absolute Gasteiger partial charge is 0.356 e. The molecule has 0 bridgehead atoms. The zero-order chi connectivity index (χ0) is 22.5. The number of β-lactam (4-membered cyclic amide) rings is 1. The van der Waals surface area contributed by atoms with E-state index in [0.29, 0.717) is 24.0 Å². The van der Waals surface area contributed by atoms with Crippen LogP contribution in [0, 0.1) is 5.92 Å². The van der Waals surface area contributed by atoms with E-state index in [0.717, 1.165) is 4.91 Å². The number of thioether (sulfide) groups is 1. The molecule has 1 fully saturated rings. The van der Waals surface area contributed by atoms with Crippen LogP contribution in [0.2, 0.25) is 0 Å². The van der Waals surface area contributed by atoms with Crippen LogP contribution >= 0.6 is 11.8 Å². The van der Waals surface area contributed by atoms with Gasteiger partial charge in [0.05, 0.1) is 24.6 Å². The molecule has 2 aliphatic heterocycles. The van der Waals surface area contributed by atoms with Crippen molar-refractivity contribution >= 4 is 35.5 Å². The van der Waals surface area contributed by atoms with Crippen molar-refractivity contribution < 1.29 is 28.7 Å². The second-order valence-electron chi connectivity index (χ2n) is 7.15. The Morgan fingerprint density at radius 1 is 1.23 bits per heavy atom. The van der Waals surface area contributed by atoms with E-state index in [2.05, 4.69) is 10.1 Å². The maximum Gasteiger partial charge on any atom is 0.356 e. The molecule has 0 aliphatic carbocycles. The van der Waals surface area contributed by atoms with Gasteiger partial charge in [-0.15, -0.1) is 0 Å². The summed E-state index contributed by atoms with van der Waals surface area (Å²) in [6.45, 7) is 3.37. The topological polar surface area (TPSA) is 102 Å². The van der Waals surface area contributed by atoms with Gasteiger partial charge in [-0.05, 0) is 29.5 Å². The Hall–Kier alpha value is -3.07. The number of benzene rings is 1. The molecule has 0 spiro atoms. The van der Waals surface area contributed by atoms with E-state index in [-0.39, 0.29) is 36.1 Å². The summed E-state index contributed by atoms with van der Waals surface area (Å²) in [6, 6.07) is 6.52. The zero-order valence-electron chi connectivity index (χ0n) is 17.5. The van der Waals surface area contributed by atoms with Crippen molar-refractivity contribution in [3.8, 4) is 0 Å². The Morgan fingerprint density at radius 2 is 1.94 bits per heavy atom. The molecule has 0 aromatic heterocycles. The van der Waals surface area contributed by atoms with Crippen molar-refractivity contribution in [2.75, 3.05) is 7.11 Å². The highest BCUT2D eigenvalue weighted by molar-refractivity contribution is 8.05. The van der Waals surface area contributed by atoms with Gasteiger partial charge >= 0.3 is 11.9 Å². The number of ether oxygens (including phenoxy) is 2. The van der Waals surface area contributed by atoms with Crippen LogP contribution in [0.5, 0.6) is 0 Å². The Labute approximate surface area is 184 Å². The normalized spacial score (nSPS) is 19.8. The van der Waals surface area contributed by atoms with E-state index in [1.54, 1.807) is 29.7 Å². The van der Waals surface area contributed by atoms with Crippen LogP contribution in [0.15, 0.2) is 46.5 Å². The average Bonchev–Trinajstić information content (AvgIpc) is 3.09. The van der Waals surface area contributed by atoms with E-state index in [4.69, 9.17) is 4.74 Å². The molecule has 0 radical (unpaired) electrons. The van der Waals surface area contributed by atoms with Gasteiger partial charge in [-0.3, -0.25) is 9.59 Å². The molecule has 1 aromatic rings. The largest absolute Gasteiger partial charge is 0.465 e. The molecule has 31 heavy (non-hydrogen) atoms. The number of nitrogens with one attached hydrogen (secondary N) is 1. The van der Waals surface area contributed by atoms with Gasteiger partial charge in [0.25, 0.3) is 0 Å². The van der Waals surface area contributed by atoms with Gasteiger partial charge in [0.1, 0.15) is 12.3 Å². The predicted octanol–water partition coefficient (Wildman–Crippen LogP) is 2.71. The van der Waals surface area contributed by atoms with Crippen LogP contribution in [-0.4, -0.2) is 41.8 Å². The van der Waals surface area contributed by atoms with Gasteiger partial charge in [0.2, 0.25) is 11.8 Å². The summed E-state index contributed by atoms with van der Waals surface area (Å²) in [7, 11) is 1.31. The number of rotatable bonds is 8. The van der Waals surface area contributed by atoms with Crippen LogP contribution in [-0.2, 0) is 30.5 Å². The minimum atomic E-state index is -0.571. The summed E-state index contributed by atoms with van der Waals surface area (Å²) in [5.74, 6) is -1.37. The Balaban J connectivity index is 1.70. The number of fused-ring (bicyclic) bond motifs is 1. The number of esters is 2. The number of methoxy groups -OCH3 is 1. The van der Waals surface area contributed by atoms with E-state index in [1.165, 1.54) is 36.9 Å². The maximum absolute atomic E-state index is 12.9. The van der Waals surface area contributed by atoms with Gasteiger partial charge in [-0.25, -0.2) is 9.59 Å². The minimum absolute atomic E-state index is 0.00731. The van der Waals surface area contributed by atoms with Gasteiger partial charge < -0.3 is 19.7 Å². The lowest BCUT2D eigenvalue weighted by Gasteiger charge is -2.43. The number of nitrogens with zero attached hydrogens (tertiary/aromatic N) is 1. The molecule has 2 atom stereocenters. The van der Waals surface area contributed by atoms with Crippen LogP contribution in [0.4, 0.5) is 0 Å². The summed E-state index contributed by atoms with van der Waals surface area (Å²) in [5.41, 5.74) is 1.38. The predicted molar refractivity (Wildman–Crippen MR) is 114 cm³/mol. The van der Waals surface area contributed by atoms with Crippen molar-refractivity contribution in [2.24, 2.45) is 5.92 Å². The third kappa shape index (κ3) is 4.82. The molecule has 1 saturated heterocycles. The van der Waals surface area contributed by atoms with Gasteiger partial charge in [0.15, 0.2) is 0 Å². The molecule has 3 rings (SSSR count). The van der Waals surface area contributed by atoms with Gasteiger partial charge in [-0.2, -0.15) is 0 Å². The fourth-order valence-corrected chi connectivity index (χ4v) is 4.50. The van der Waals surface area contributed by atoms with Crippen molar-refractivity contribution in [3.05, 3.63) is 57.6 Å². The van der Waals surface area contributed by atoms with E-state index in [1.807, 2.05) is 6.92 Å². The molecule has 9 heteroatoms. The molecule has 164 valence electrons. The third-order valence-electron chi connectivity index (χ3n) is 5.19. The summed E-state index contributed by atoms with van der Waals surface area (Å²) in [6.07, 6.45) is 2.80. The lowest BCUT2D eigenvalue weighted by molar-refractivity contribution is -0.157. The van der Waals surface area contributed by atoms with Crippen molar-refractivity contribution in [2.45, 2.75) is 39.3 Å². The first-order valence-electron chi connectivity index (χ1n) is 9.86. The van der Waals surface area contributed by atoms with Crippen molar-refractivity contribution in [1.82, 2.24) is 10.2 Å². The molecular weight excluding hydrogens is 420 g/mol. The fraction of sp³-hybridized carbons (Fsp3) is 0.364. The summed E-state index contributed by atoms with van der Waals surface area (Å²) in [4.78, 5) is 50.2. The van der Waals surface area contributed by atoms with Crippen molar-refractivity contribution in [1.29, 1.82) is 0 Å². The first kappa shape index (κ1) is 22.6. The molecule has 0 saturated carbocycles. The highest BCUT2D eigenvalue weighted by atomic mass is 32.2. The molecule has 1 aromatic carbocycles. The zero-order valence-corrected chi connectivity index (χ0v) is 18.4. The summed E-state index contributed by atoms with van der Waals surface area (Å²) >= 11 is 1.29. The molecular formula is C22H24N2O6S. The van der Waals surface area contributed by atoms with Gasteiger partial charge in [0, 0.05) is 24.4 Å². The number of carbonyl (C=O) groups excluding carboxylic acids is 4. The summed E-state index contributed by atoms with van der Waals surface area (Å²) < 4.78 is 10.1. The highest BCUT2D eigenvalue weighted by Crippen LogP contribution is 2.47. The second kappa shape index (κ2) is 9.82. The fourth-order valence-electron chi connectivity index (χ4n) is 3.64. The van der Waals surface area contributed by atoms with Gasteiger partial charge in [-0.1, -0.05) is 30.8 Å². The van der Waals surface area contributed by atoms with Crippen LogP contribution in [0.25, 0.3) is 0 Å². The summed E-state index contributed by atoms with van der Waals surface area (Å²) in [5, 5.41) is 4.22. The Kier molecular flexibility index (Phi) is 7.17. The molecule has 8 nitrogen and oxygen atoms in total. The number of carbonyl (C=O) groups is 4. The molecule has 2 heterocycles. The SMILES string of the molecule is CC[C@@H]1C(=O)N2C(C(=O)OCc3ccc(C(=O)OC)cc3)=C(S/C=C/NC(C)=O)C[C@H]12. The van der Waals surface area contributed by atoms with E-state index in [9.17, 15) is 19.2 Å². The molecule has 2 amide bonds. The van der Waals surface area contributed by atoms with Crippen LogP contribution in [0.1, 0.15) is 42.6 Å². The minimum Gasteiger partial charge on any atom is -0.465 e. The molecule has 0 unspecified atom stereocenters. The lowest BCUT2D eigenvalue weighted by Crippen LogP contribution is -2.58.